The zero-order valence-corrected chi connectivity index (χ0v) is 16.4. The molecule has 1 aliphatic heterocycles. The molecule has 1 aliphatic rings. The zero-order chi connectivity index (χ0) is 19.9. The Balaban J connectivity index is 2.16. The summed E-state index contributed by atoms with van der Waals surface area (Å²) in [4.78, 5) is 24.3. The highest BCUT2D eigenvalue weighted by molar-refractivity contribution is 6.32. The van der Waals surface area contributed by atoms with Gasteiger partial charge in [-0.3, -0.25) is 9.59 Å². The molecule has 8 heteroatoms. The summed E-state index contributed by atoms with van der Waals surface area (Å²) in [7, 11) is 0. The monoisotopic (exact) mass is 399 g/mol. The predicted molar refractivity (Wildman–Crippen MR) is 101 cm³/mol. The van der Waals surface area contributed by atoms with Gasteiger partial charge in [0.1, 0.15) is 0 Å². The number of benzene rings is 1. The van der Waals surface area contributed by atoms with Crippen molar-refractivity contribution in [2.24, 2.45) is 5.41 Å². The van der Waals surface area contributed by atoms with Crippen molar-refractivity contribution in [2.75, 3.05) is 33.0 Å². The lowest BCUT2D eigenvalue weighted by Gasteiger charge is -2.33. The molecule has 0 atom stereocenters. The Morgan fingerprint density at radius 1 is 1.26 bits per heavy atom. The van der Waals surface area contributed by atoms with Crippen LogP contribution in [0.15, 0.2) is 12.1 Å². The molecule has 0 aromatic heterocycles. The van der Waals surface area contributed by atoms with Crippen molar-refractivity contribution in [1.29, 1.82) is 0 Å². The summed E-state index contributed by atoms with van der Waals surface area (Å²) in [5.74, 6) is -0.541. The number of carboxylic acid groups (broad SMARTS) is 1. The molecule has 1 fully saturated rings. The highest BCUT2D eigenvalue weighted by atomic mass is 35.5. The Bertz CT molecular complexity index is 672. The molecule has 0 spiro atoms. The minimum atomic E-state index is -1.01. The van der Waals surface area contributed by atoms with Gasteiger partial charge in [0.15, 0.2) is 11.5 Å². The Morgan fingerprint density at radius 3 is 2.56 bits per heavy atom. The van der Waals surface area contributed by atoms with Crippen LogP contribution in [0, 0.1) is 5.41 Å². The molecule has 1 aromatic carbocycles. The SMILES string of the molecule is CCCOc1c(Cl)cc(C(=O)NCC2(C(=O)O)CCOCC2)cc1OCC. The third-order valence-electron chi connectivity index (χ3n) is 4.51. The number of ether oxygens (including phenoxy) is 3. The lowest BCUT2D eigenvalue weighted by Crippen LogP contribution is -2.46. The third kappa shape index (κ3) is 5.26. The largest absolute Gasteiger partial charge is 0.490 e. The van der Waals surface area contributed by atoms with Crippen molar-refractivity contribution in [1.82, 2.24) is 5.32 Å². The summed E-state index contributed by atoms with van der Waals surface area (Å²) in [6.45, 7) is 5.44. The molecule has 2 rings (SSSR count). The quantitative estimate of drug-likeness (QED) is 0.662. The third-order valence-corrected chi connectivity index (χ3v) is 4.79. The molecule has 2 N–H and O–H groups in total. The van der Waals surface area contributed by atoms with Gasteiger partial charge in [0, 0.05) is 25.3 Å². The minimum Gasteiger partial charge on any atom is -0.490 e. The number of carboxylic acids is 1. The topological polar surface area (TPSA) is 94.1 Å². The van der Waals surface area contributed by atoms with Gasteiger partial charge < -0.3 is 24.6 Å². The predicted octanol–water partition coefficient (Wildman–Crippen LogP) is 3.14. The van der Waals surface area contributed by atoms with E-state index in [1.165, 1.54) is 6.07 Å². The number of hydrogen-bond donors (Lipinski definition) is 2. The molecular weight excluding hydrogens is 374 g/mol. The first-order valence-corrected chi connectivity index (χ1v) is 9.49. The average Bonchev–Trinajstić information content (AvgIpc) is 2.66. The molecule has 7 nitrogen and oxygen atoms in total. The number of amides is 1. The number of halogens is 1. The van der Waals surface area contributed by atoms with Gasteiger partial charge in [-0.25, -0.2) is 0 Å². The number of carbonyl (C=O) groups excluding carboxylic acids is 1. The standard InChI is InChI=1S/C19H26ClNO6/c1-3-7-27-16-14(20)10-13(11-15(16)26-4-2)17(22)21-12-19(18(23)24)5-8-25-9-6-19/h10-11H,3-9,12H2,1-2H3,(H,21,22)(H,23,24). The summed E-state index contributed by atoms with van der Waals surface area (Å²) in [5, 5.41) is 12.6. The maximum Gasteiger partial charge on any atom is 0.311 e. The molecule has 0 unspecified atom stereocenters. The van der Waals surface area contributed by atoms with Crippen LogP contribution in [0.25, 0.3) is 0 Å². The van der Waals surface area contributed by atoms with E-state index < -0.39 is 17.3 Å². The highest BCUT2D eigenvalue weighted by Gasteiger charge is 2.40. The first-order chi connectivity index (χ1) is 12.9. The Hall–Kier alpha value is -1.99. The Labute approximate surface area is 163 Å². The molecule has 0 radical (unpaired) electrons. The van der Waals surface area contributed by atoms with Gasteiger partial charge in [0.05, 0.1) is 23.7 Å². The zero-order valence-electron chi connectivity index (χ0n) is 15.7. The maximum absolute atomic E-state index is 12.6. The van der Waals surface area contributed by atoms with Crippen molar-refractivity contribution in [3.63, 3.8) is 0 Å². The summed E-state index contributed by atoms with van der Waals surface area (Å²) < 4.78 is 16.4. The smallest absolute Gasteiger partial charge is 0.311 e. The van der Waals surface area contributed by atoms with Crippen LogP contribution >= 0.6 is 11.6 Å². The number of rotatable bonds is 9. The van der Waals surface area contributed by atoms with E-state index in [1.54, 1.807) is 6.07 Å². The van der Waals surface area contributed by atoms with Crippen LogP contribution in [-0.2, 0) is 9.53 Å². The van der Waals surface area contributed by atoms with Gasteiger partial charge in [-0.1, -0.05) is 18.5 Å². The van der Waals surface area contributed by atoms with Gasteiger partial charge in [0.2, 0.25) is 0 Å². The van der Waals surface area contributed by atoms with Crippen molar-refractivity contribution < 1.29 is 28.9 Å². The van der Waals surface area contributed by atoms with E-state index in [0.717, 1.165) is 6.42 Å². The van der Waals surface area contributed by atoms with Gasteiger partial charge in [-0.2, -0.15) is 0 Å². The molecular formula is C19H26ClNO6. The van der Waals surface area contributed by atoms with Gasteiger partial charge >= 0.3 is 5.97 Å². The van der Waals surface area contributed by atoms with E-state index in [-0.39, 0.29) is 11.6 Å². The molecule has 1 saturated heterocycles. The molecule has 1 heterocycles. The van der Waals surface area contributed by atoms with Crippen LogP contribution in [-0.4, -0.2) is 50.0 Å². The van der Waals surface area contributed by atoms with Crippen LogP contribution in [0.2, 0.25) is 5.02 Å². The van der Waals surface area contributed by atoms with Crippen molar-refractivity contribution in [3.8, 4) is 11.5 Å². The molecule has 0 saturated carbocycles. The van der Waals surface area contributed by atoms with E-state index >= 15 is 0 Å². The normalized spacial score (nSPS) is 15.8. The second-order valence-electron chi connectivity index (χ2n) is 6.45. The Morgan fingerprint density at radius 2 is 1.96 bits per heavy atom. The fourth-order valence-corrected chi connectivity index (χ4v) is 3.15. The first-order valence-electron chi connectivity index (χ1n) is 9.12. The molecule has 150 valence electrons. The van der Waals surface area contributed by atoms with E-state index in [2.05, 4.69) is 5.32 Å². The maximum atomic E-state index is 12.6. The van der Waals surface area contributed by atoms with Crippen molar-refractivity contribution in [3.05, 3.63) is 22.7 Å². The van der Waals surface area contributed by atoms with E-state index in [0.29, 0.717) is 56.3 Å². The van der Waals surface area contributed by atoms with Gasteiger partial charge in [0.25, 0.3) is 5.91 Å². The number of hydrogen-bond acceptors (Lipinski definition) is 5. The van der Waals surface area contributed by atoms with Gasteiger partial charge in [-0.15, -0.1) is 0 Å². The lowest BCUT2D eigenvalue weighted by molar-refractivity contribution is -0.154. The first kappa shape index (κ1) is 21.3. The van der Waals surface area contributed by atoms with Crippen molar-refractivity contribution in [2.45, 2.75) is 33.1 Å². The van der Waals surface area contributed by atoms with Crippen molar-refractivity contribution >= 4 is 23.5 Å². The number of aliphatic carboxylic acids is 1. The van der Waals surface area contributed by atoms with Gasteiger partial charge in [-0.05, 0) is 38.3 Å². The average molecular weight is 400 g/mol. The lowest BCUT2D eigenvalue weighted by atomic mass is 9.80. The fourth-order valence-electron chi connectivity index (χ4n) is 2.89. The summed E-state index contributed by atoms with van der Waals surface area (Å²) in [6, 6.07) is 3.06. The second-order valence-corrected chi connectivity index (χ2v) is 6.85. The van der Waals surface area contributed by atoms with Crippen LogP contribution in [0.1, 0.15) is 43.5 Å². The minimum absolute atomic E-state index is 0.0280. The van der Waals surface area contributed by atoms with Crippen LogP contribution in [0.5, 0.6) is 11.5 Å². The van der Waals surface area contributed by atoms with Crippen LogP contribution < -0.4 is 14.8 Å². The van der Waals surface area contributed by atoms with E-state index in [1.807, 2.05) is 13.8 Å². The van der Waals surface area contributed by atoms with E-state index in [4.69, 9.17) is 25.8 Å². The molecule has 27 heavy (non-hydrogen) atoms. The number of carbonyl (C=O) groups is 2. The molecule has 0 bridgehead atoms. The summed E-state index contributed by atoms with van der Waals surface area (Å²) in [6.07, 6.45) is 1.53. The molecule has 1 aromatic rings. The summed E-state index contributed by atoms with van der Waals surface area (Å²) in [5.41, 5.74) is -0.718. The fraction of sp³-hybridized carbons (Fsp3) is 0.579. The molecule has 0 aliphatic carbocycles. The van der Waals surface area contributed by atoms with Crippen LogP contribution in [0.3, 0.4) is 0 Å². The highest BCUT2D eigenvalue weighted by Crippen LogP contribution is 2.37. The number of nitrogens with one attached hydrogen (secondary N) is 1. The molecule has 1 amide bonds. The Kier molecular flexibility index (Phi) is 7.74. The van der Waals surface area contributed by atoms with Crippen LogP contribution in [0.4, 0.5) is 0 Å². The summed E-state index contributed by atoms with van der Waals surface area (Å²) >= 11 is 6.28. The van der Waals surface area contributed by atoms with E-state index in [9.17, 15) is 14.7 Å². The second kappa shape index (κ2) is 9.80.